The number of rotatable bonds is 4. The van der Waals surface area contributed by atoms with Gasteiger partial charge in [-0.25, -0.2) is 0 Å². The third-order valence-electron chi connectivity index (χ3n) is 1.78. The fourth-order valence-corrected chi connectivity index (χ4v) is 1.82. The van der Waals surface area contributed by atoms with Crippen LogP contribution in [0.25, 0.3) is 0 Å². The Bertz CT molecular complexity index is 248. The maximum Gasteiger partial charge on any atom is 0.0406 e. The molecule has 1 aromatic carbocycles. The lowest BCUT2D eigenvalue weighted by molar-refractivity contribution is 0.951. The highest BCUT2D eigenvalue weighted by molar-refractivity contribution is 7.99. The molecule has 0 radical (unpaired) electrons. The van der Waals surface area contributed by atoms with Crippen molar-refractivity contribution >= 4 is 23.4 Å². The van der Waals surface area contributed by atoms with E-state index in [1.165, 1.54) is 5.56 Å². The molecule has 0 aliphatic rings. The van der Waals surface area contributed by atoms with E-state index in [2.05, 4.69) is 19.1 Å². The molecule has 0 saturated heterocycles. The molecule has 0 aliphatic heterocycles. The van der Waals surface area contributed by atoms with Gasteiger partial charge in [0.1, 0.15) is 0 Å². The van der Waals surface area contributed by atoms with Crippen LogP contribution in [0.15, 0.2) is 24.3 Å². The molecule has 0 aliphatic carbocycles. The van der Waals surface area contributed by atoms with Gasteiger partial charge in [-0.2, -0.15) is 11.8 Å². The Balaban J connectivity index is 2.41. The Kier molecular flexibility index (Phi) is 4.64. The van der Waals surface area contributed by atoms with Crippen LogP contribution in [0, 0.1) is 0 Å². The van der Waals surface area contributed by atoms with Crippen LogP contribution >= 0.6 is 23.4 Å². The summed E-state index contributed by atoms with van der Waals surface area (Å²) in [4.78, 5) is 0. The molecule has 0 amide bonds. The zero-order valence-electron chi connectivity index (χ0n) is 7.66. The lowest BCUT2D eigenvalue weighted by Gasteiger charge is -2.07. The van der Waals surface area contributed by atoms with Gasteiger partial charge in [-0.1, -0.05) is 30.7 Å². The first-order valence-electron chi connectivity index (χ1n) is 4.28. The molecule has 0 spiro atoms. The Hall–Kier alpha value is -0.180. The SMILES string of the molecule is CC(CN)SCc1ccc(Cl)cc1. The average molecular weight is 216 g/mol. The average Bonchev–Trinajstić information content (AvgIpc) is 2.16. The van der Waals surface area contributed by atoms with Crippen molar-refractivity contribution in [3.8, 4) is 0 Å². The van der Waals surface area contributed by atoms with Crippen molar-refractivity contribution in [2.24, 2.45) is 5.73 Å². The van der Waals surface area contributed by atoms with E-state index in [1.807, 2.05) is 23.9 Å². The van der Waals surface area contributed by atoms with Gasteiger partial charge in [0.25, 0.3) is 0 Å². The van der Waals surface area contributed by atoms with Gasteiger partial charge in [0.05, 0.1) is 0 Å². The van der Waals surface area contributed by atoms with E-state index < -0.39 is 0 Å². The molecule has 2 N–H and O–H groups in total. The zero-order valence-corrected chi connectivity index (χ0v) is 9.24. The van der Waals surface area contributed by atoms with Crippen LogP contribution < -0.4 is 5.73 Å². The summed E-state index contributed by atoms with van der Waals surface area (Å²) in [6.07, 6.45) is 0. The molecule has 0 aromatic heterocycles. The Morgan fingerprint density at radius 1 is 1.38 bits per heavy atom. The van der Waals surface area contributed by atoms with Crippen LogP contribution in [0.5, 0.6) is 0 Å². The van der Waals surface area contributed by atoms with Crippen LogP contribution in [0.1, 0.15) is 12.5 Å². The normalized spacial score (nSPS) is 12.8. The second-order valence-corrected chi connectivity index (χ2v) is 4.85. The predicted octanol–water partition coefficient (Wildman–Crippen LogP) is 2.92. The molecular weight excluding hydrogens is 202 g/mol. The van der Waals surface area contributed by atoms with Crippen LogP contribution in [0.3, 0.4) is 0 Å². The Morgan fingerprint density at radius 3 is 2.54 bits per heavy atom. The highest BCUT2D eigenvalue weighted by atomic mass is 35.5. The zero-order chi connectivity index (χ0) is 9.68. The molecule has 0 fully saturated rings. The summed E-state index contributed by atoms with van der Waals surface area (Å²) in [5.41, 5.74) is 6.82. The number of nitrogens with two attached hydrogens (primary N) is 1. The largest absolute Gasteiger partial charge is 0.329 e. The summed E-state index contributed by atoms with van der Waals surface area (Å²) in [6.45, 7) is 2.87. The number of halogens is 1. The highest BCUT2D eigenvalue weighted by Crippen LogP contribution is 2.18. The molecule has 3 heteroatoms. The van der Waals surface area contributed by atoms with Gasteiger partial charge in [0, 0.05) is 22.6 Å². The van der Waals surface area contributed by atoms with Crippen molar-refractivity contribution in [2.75, 3.05) is 6.54 Å². The quantitative estimate of drug-likeness (QED) is 0.836. The summed E-state index contributed by atoms with van der Waals surface area (Å²) in [6, 6.07) is 7.95. The van der Waals surface area contributed by atoms with E-state index in [9.17, 15) is 0 Å². The molecular formula is C10H14ClNS. The number of benzene rings is 1. The summed E-state index contributed by atoms with van der Waals surface area (Å²) in [5.74, 6) is 1.01. The van der Waals surface area contributed by atoms with Crippen molar-refractivity contribution in [3.05, 3.63) is 34.9 Å². The van der Waals surface area contributed by atoms with E-state index in [-0.39, 0.29) is 0 Å². The van der Waals surface area contributed by atoms with E-state index in [0.29, 0.717) is 5.25 Å². The smallest absolute Gasteiger partial charge is 0.0406 e. The van der Waals surface area contributed by atoms with E-state index in [0.717, 1.165) is 17.3 Å². The standard InChI is InChI=1S/C10H14ClNS/c1-8(6-12)13-7-9-2-4-10(11)5-3-9/h2-5,8H,6-7,12H2,1H3. The molecule has 1 atom stereocenters. The topological polar surface area (TPSA) is 26.0 Å². The number of hydrogen-bond acceptors (Lipinski definition) is 2. The molecule has 0 heterocycles. The fourth-order valence-electron chi connectivity index (χ4n) is 0.887. The first-order chi connectivity index (χ1) is 6.22. The predicted molar refractivity (Wildman–Crippen MR) is 61.3 cm³/mol. The van der Waals surface area contributed by atoms with Crippen LogP contribution in [-0.4, -0.2) is 11.8 Å². The van der Waals surface area contributed by atoms with Crippen molar-refractivity contribution in [2.45, 2.75) is 17.9 Å². The van der Waals surface area contributed by atoms with E-state index in [1.54, 1.807) is 0 Å². The molecule has 1 rings (SSSR count). The second-order valence-electron chi connectivity index (χ2n) is 2.98. The highest BCUT2D eigenvalue weighted by Gasteiger charge is 1.99. The van der Waals surface area contributed by atoms with Gasteiger partial charge in [-0.3, -0.25) is 0 Å². The van der Waals surface area contributed by atoms with Crippen molar-refractivity contribution < 1.29 is 0 Å². The van der Waals surface area contributed by atoms with Gasteiger partial charge >= 0.3 is 0 Å². The monoisotopic (exact) mass is 215 g/mol. The maximum absolute atomic E-state index is 5.77. The minimum atomic E-state index is 0.524. The Labute approximate surface area is 88.7 Å². The fraction of sp³-hybridized carbons (Fsp3) is 0.400. The van der Waals surface area contributed by atoms with Crippen molar-refractivity contribution in [3.63, 3.8) is 0 Å². The first-order valence-corrected chi connectivity index (χ1v) is 5.71. The maximum atomic E-state index is 5.77. The third-order valence-corrected chi connectivity index (χ3v) is 3.29. The molecule has 1 aromatic rings. The molecule has 13 heavy (non-hydrogen) atoms. The molecule has 72 valence electrons. The molecule has 1 unspecified atom stereocenters. The minimum Gasteiger partial charge on any atom is -0.329 e. The van der Waals surface area contributed by atoms with Crippen molar-refractivity contribution in [1.82, 2.24) is 0 Å². The molecule has 1 nitrogen and oxygen atoms in total. The minimum absolute atomic E-state index is 0.524. The lowest BCUT2D eigenvalue weighted by atomic mass is 10.2. The molecule has 0 saturated carbocycles. The Morgan fingerprint density at radius 2 is 2.00 bits per heavy atom. The second kappa shape index (κ2) is 5.53. The van der Waals surface area contributed by atoms with Crippen LogP contribution in [0.2, 0.25) is 5.02 Å². The number of thioether (sulfide) groups is 1. The van der Waals surface area contributed by atoms with Gasteiger partial charge in [-0.15, -0.1) is 0 Å². The van der Waals surface area contributed by atoms with Gasteiger partial charge in [0.2, 0.25) is 0 Å². The summed E-state index contributed by atoms with van der Waals surface area (Å²) in [7, 11) is 0. The first kappa shape index (κ1) is 10.9. The summed E-state index contributed by atoms with van der Waals surface area (Å²) >= 11 is 7.64. The van der Waals surface area contributed by atoms with Gasteiger partial charge in [-0.05, 0) is 17.7 Å². The number of hydrogen-bond donors (Lipinski definition) is 1. The van der Waals surface area contributed by atoms with Crippen LogP contribution in [0.4, 0.5) is 0 Å². The van der Waals surface area contributed by atoms with E-state index in [4.69, 9.17) is 17.3 Å². The van der Waals surface area contributed by atoms with Crippen LogP contribution in [-0.2, 0) is 5.75 Å². The summed E-state index contributed by atoms with van der Waals surface area (Å²) in [5, 5.41) is 1.32. The third kappa shape index (κ3) is 4.03. The lowest BCUT2D eigenvalue weighted by Crippen LogP contribution is -2.12. The molecule has 0 bridgehead atoms. The van der Waals surface area contributed by atoms with E-state index >= 15 is 0 Å². The van der Waals surface area contributed by atoms with Gasteiger partial charge in [0.15, 0.2) is 0 Å². The summed E-state index contributed by atoms with van der Waals surface area (Å²) < 4.78 is 0. The van der Waals surface area contributed by atoms with Crippen molar-refractivity contribution in [1.29, 1.82) is 0 Å². The van der Waals surface area contributed by atoms with Gasteiger partial charge < -0.3 is 5.73 Å².